The van der Waals surface area contributed by atoms with Crippen LogP contribution in [0.5, 0.6) is 0 Å². The lowest BCUT2D eigenvalue weighted by Gasteiger charge is -2.41. The van der Waals surface area contributed by atoms with Crippen LogP contribution in [0.1, 0.15) is 53.5 Å². The Kier molecular flexibility index (Phi) is 12.2. The molecule has 0 spiro atoms. The van der Waals surface area contributed by atoms with Gasteiger partial charge in [0.15, 0.2) is 20.8 Å². The van der Waals surface area contributed by atoms with Crippen molar-refractivity contribution in [3.63, 3.8) is 0 Å². The van der Waals surface area contributed by atoms with E-state index in [-0.39, 0.29) is 41.8 Å². The molecule has 21 heteroatoms. The maximum atomic E-state index is 12.7. The van der Waals surface area contributed by atoms with Gasteiger partial charge < -0.3 is 27.8 Å². The molecule has 54 heavy (non-hydrogen) atoms. The summed E-state index contributed by atoms with van der Waals surface area (Å²) in [6.07, 6.45) is 4.87. The first-order valence-electron chi connectivity index (χ1n) is 17.6. The smallest absolute Gasteiger partial charge is 0.327 e. The standard InChI is InChI=1S/C33H45N7O10P2SSi/c1-9-22-27(28(50-54(7,8)33(3,4)5)30(46-22)40-16-11-25(42)38-18-13-36-32(38)40)49-52(53,44-19-14-34-6)45-20-23-21(2)26(48-51-43)29(47-23)39-15-10-24(41)37-17-12-35-31(37)39/h10-13,15-18,21-23,26-30H,9,14,19-20H2,1-5,7-8H3/t21-,22-,23-,26-,27-,28-,29-,30-,52?/m1/s1. The monoisotopic (exact) mass is 821 g/mol. The molecular weight excluding hydrogens is 777 g/mol. The topological polar surface area (TPSA) is 165 Å². The Bertz CT molecular complexity index is 2180. The van der Waals surface area contributed by atoms with E-state index in [0.717, 1.165) is 0 Å². The summed E-state index contributed by atoms with van der Waals surface area (Å²) in [4.78, 5) is 37.3. The van der Waals surface area contributed by atoms with Crippen molar-refractivity contribution in [2.24, 2.45) is 5.92 Å². The SMILES string of the molecule is [C-]#[N+]CCOP(=S)(OC[C@H]1O[C@@H](n2ccc(=O)n3ccnc23)[C@H](OP=O)[C@@H]1C)O[C@H]1[C@@H](O[Si](C)(C)C(C)(C)C)[C@H](n2ccc(=O)n3ccnc23)O[C@@H]1CC. The van der Waals surface area contributed by atoms with E-state index in [1.807, 2.05) is 13.8 Å². The third-order valence-corrected chi connectivity index (χ3v) is 17.5. The first-order chi connectivity index (χ1) is 25.6. The summed E-state index contributed by atoms with van der Waals surface area (Å²) in [6, 6.07) is 2.83. The average molecular weight is 822 g/mol. The van der Waals surface area contributed by atoms with Crippen LogP contribution in [0.4, 0.5) is 0 Å². The first kappa shape index (κ1) is 40.7. The zero-order chi connectivity index (χ0) is 39.0. The molecule has 2 aliphatic rings. The lowest BCUT2D eigenvalue weighted by molar-refractivity contribution is -0.0464. The Balaban J connectivity index is 1.32. The molecule has 17 nitrogen and oxygen atoms in total. The summed E-state index contributed by atoms with van der Waals surface area (Å²) in [5, 5.41) is -0.190. The van der Waals surface area contributed by atoms with Gasteiger partial charge in [-0.3, -0.25) is 36.6 Å². The molecule has 4 aromatic rings. The van der Waals surface area contributed by atoms with Crippen molar-refractivity contribution in [2.45, 2.75) is 102 Å². The molecule has 2 saturated heterocycles. The van der Waals surface area contributed by atoms with Gasteiger partial charge in [-0.1, -0.05) is 34.6 Å². The molecule has 0 amide bonds. The first-order valence-corrected chi connectivity index (χ1v) is 23.8. The molecule has 0 aliphatic carbocycles. The predicted octanol–water partition coefficient (Wildman–Crippen LogP) is 5.39. The second-order valence-electron chi connectivity index (χ2n) is 14.7. The Morgan fingerprint density at radius 3 is 2.06 bits per heavy atom. The molecule has 6 heterocycles. The van der Waals surface area contributed by atoms with Crippen LogP contribution in [0.25, 0.3) is 16.4 Å². The summed E-state index contributed by atoms with van der Waals surface area (Å²) in [7, 11) is -3.07. The molecule has 292 valence electrons. The highest BCUT2D eigenvalue weighted by Crippen LogP contribution is 2.56. The fraction of sp³-hybridized carbons (Fsp3) is 0.606. The fourth-order valence-electron chi connectivity index (χ4n) is 6.40. The van der Waals surface area contributed by atoms with Crippen LogP contribution in [0, 0.1) is 12.5 Å². The molecule has 4 aromatic heterocycles. The van der Waals surface area contributed by atoms with E-state index in [0.29, 0.717) is 18.0 Å². The zero-order valence-electron chi connectivity index (χ0n) is 31.1. The number of rotatable bonds is 15. The highest BCUT2D eigenvalue weighted by Gasteiger charge is 2.53. The largest absolute Gasteiger partial charge is 0.407 e. The Labute approximate surface area is 319 Å². The molecule has 1 unspecified atom stereocenters. The second-order valence-corrected chi connectivity index (χ2v) is 22.8. The van der Waals surface area contributed by atoms with Crippen LogP contribution in [-0.2, 0) is 48.4 Å². The summed E-state index contributed by atoms with van der Waals surface area (Å²) < 4.78 is 63.2. The van der Waals surface area contributed by atoms with Crippen LogP contribution < -0.4 is 11.1 Å². The van der Waals surface area contributed by atoms with E-state index in [2.05, 4.69) is 48.7 Å². The van der Waals surface area contributed by atoms with E-state index in [1.165, 1.54) is 27.1 Å². The van der Waals surface area contributed by atoms with E-state index in [9.17, 15) is 14.2 Å². The van der Waals surface area contributed by atoms with E-state index in [4.69, 9.17) is 50.4 Å². The lowest BCUT2D eigenvalue weighted by atomic mass is 10.0. The second kappa shape index (κ2) is 16.2. The summed E-state index contributed by atoms with van der Waals surface area (Å²) >= 11 is 6.08. The summed E-state index contributed by atoms with van der Waals surface area (Å²) in [5.74, 6) is 0.312. The molecule has 0 N–H and O–H groups in total. The van der Waals surface area contributed by atoms with Gasteiger partial charge in [-0.2, -0.15) is 0 Å². The highest BCUT2D eigenvalue weighted by atomic mass is 32.5. The molecule has 0 aromatic carbocycles. The van der Waals surface area contributed by atoms with Crippen molar-refractivity contribution in [3.8, 4) is 0 Å². The minimum absolute atomic E-state index is 0.0226. The minimum atomic E-state index is -3.68. The maximum absolute atomic E-state index is 12.7. The number of nitrogens with zero attached hydrogens (tertiary/aromatic N) is 7. The molecule has 9 atom stereocenters. The van der Waals surface area contributed by atoms with Crippen molar-refractivity contribution < 1.29 is 36.6 Å². The predicted molar refractivity (Wildman–Crippen MR) is 203 cm³/mol. The summed E-state index contributed by atoms with van der Waals surface area (Å²) in [6.45, 7) is 18.0. The zero-order valence-corrected chi connectivity index (χ0v) is 34.7. The number of fused-ring (bicyclic) bond motifs is 2. The third kappa shape index (κ3) is 7.98. The fourth-order valence-corrected chi connectivity index (χ4v) is 10.2. The van der Waals surface area contributed by atoms with Crippen molar-refractivity contribution in [1.82, 2.24) is 27.9 Å². The number of hydrogen-bond acceptors (Lipinski definition) is 13. The average Bonchev–Trinajstić information content (AvgIpc) is 3.93. The Hall–Kier alpha value is -2.98. The molecule has 2 aliphatic heterocycles. The van der Waals surface area contributed by atoms with E-state index < -0.39 is 66.7 Å². The maximum Gasteiger partial charge on any atom is 0.327 e. The number of ether oxygens (including phenoxy) is 2. The molecule has 2 fully saturated rings. The van der Waals surface area contributed by atoms with Crippen molar-refractivity contribution >= 4 is 47.1 Å². The molecule has 6 rings (SSSR count). The summed E-state index contributed by atoms with van der Waals surface area (Å²) in [5.41, 5.74) is -0.508. The Morgan fingerprint density at radius 2 is 1.52 bits per heavy atom. The molecule has 0 saturated carbocycles. The van der Waals surface area contributed by atoms with Crippen molar-refractivity contribution in [1.29, 1.82) is 0 Å². The normalized spacial score (nSPS) is 27.5. The van der Waals surface area contributed by atoms with Gasteiger partial charge in [0.05, 0.1) is 18.8 Å². The van der Waals surface area contributed by atoms with E-state index >= 15 is 0 Å². The van der Waals surface area contributed by atoms with Crippen LogP contribution >= 0.6 is 15.4 Å². The van der Waals surface area contributed by atoms with Crippen LogP contribution in [0.15, 0.2) is 58.9 Å². The van der Waals surface area contributed by atoms with Crippen LogP contribution in [-0.4, -0.2) is 86.5 Å². The van der Waals surface area contributed by atoms with Gasteiger partial charge in [-0.25, -0.2) is 21.1 Å². The third-order valence-electron chi connectivity index (χ3n) is 10.4. The number of imidazole rings is 2. The number of aromatic nitrogens is 6. The van der Waals surface area contributed by atoms with Crippen molar-refractivity contribution in [2.75, 3.05) is 19.8 Å². The van der Waals surface area contributed by atoms with Gasteiger partial charge in [0, 0.05) is 55.2 Å². The Morgan fingerprint density at radius 1 is 0.944 bits per heavy atom. The quantitative estimate of drug-likeness (QED) is 0.0650. The molecular formula is C33H45N7O10P2SSi. The van der Waals surface area contributed by atoms with Gasteiger partial charge in [0.25, 0.3) is 11.1 Å². The molecule has 0 radical (unpaired) electrons. The minimum Gasteiger partial charge on any atom is -0.407 e. The lowest BCUT2D eigenvalue weighted by Crippen LogP contribution is -2.49. The van der Waals surface area contributed by atoms with Gasteiger partial charge in [-0.15, -0.1) is 0 Å². The highest BCUT2D eigenvalue weighted by molar-refractivity contribution is 8.07. The van der Waals surface area contributed by atoms with Gasteiger partial charge in [0.1, 0.15) is 24.9 Å². The van der Waals surface area contributed by atoms with Gasteiger partial charge in [-0.05, 0) is 36.4 Å². The number of hydrogen-bond donors (Lipinski definition) is 0. The van der Waals surface area contributed by atoms with Crippen molar-refractivity contribution in [3.05, 3.63) is 81.4 Å². The van der Waals surface area contributed by atoms with Gasteiger partial charge >= 0.3 is 15.4 Å². The van der Waals surface area contributed by atoms with Gasteiger partial charge in [0.2, 0.25) is 18.1 Å². The van der Waals surface area contributed by atoms with Crippen LogP contribution in [0.2, 0.25) is 18.1 Å². The van der Waals surface area contributed by atoms with E-state index in [1.54, 1.807) is 40.1 Å². The van der Waals surface area contributed by atoms with Crippen LogP contribution in [0.3, 0.4) is 0 Å². The molecule has 0 bridgehead atoms.